The van der Waals surface area contributed by atoms with Crippen molar-refractivity contribution < 1.29 is 14.0 Å². The largest absolute Gasteiger partial charge is 0.335 e. The van der Waals surface area contributed by atoms with E-state index >= 15 is 0 Å². The molecule has 0 radical (unpaired) electrons. The molecule has 140 valence electrons. The molecule has 2 atom stereocenters. The number of carbonyl (C=O) groups is 2. The fourth-order valence-electron chi connectivity index (χ4n) is 4.12. The summed E-state index contributed by atoms with van der Waals surface area (Å²) in [6.45, 7) is 1.46. The van der Waals surface area contributed by atoms with Crippen molar-refractivity contribution in [3.05, 3.63) is 59.9 Å². The molecule has 7 heteroatoms. The minimum atomic E-state index is -0.307. The first-order valence-corrected chi connectivity index (χ1v) is 9.21. The highest BCUT2D eigenvalue weighted by Crippen LogP contribution is 2.32. The number of amides is 2. The monoisotopic (exact) mass is 368 g/mol. The zero-order chi connectivity index (χ0) is 18.8. The van der Waals surface area contributed by atoms with Gasteiger partial charge in [0.05, 0.1) is 6.04 Å². The van der Waals surface area contributed by atoms with Crippen molar-refractivity contribution in [2.45, 2.75) is 31.8 Å². The van der Waals surface area contributed by atoms with Gasteiger partial charge in [0.2, 0.25) is 5.91 Å². The fourth-order valence-corrected chi connectivity index (χ4v) is 4.12. The number of fused-ring (bicyclic) bond motifs is 1. The molecule has 0 N–H and O–H groups in total. The molecule has 0 aliphatic carbocycles. The fraction of sp³-hybridized carbons (Fsp3) is 0.400. The minimum Gasteiger partial charge on any atom is -0.335 e. The highest BCUT2D eigenvalue weighted by Gasteiger charge is 2.42. The van der Waals surface area contributed by atoms with Gasteiger partial charge in [-0.05, 0) is 42.5 Å². The quantitative estimate of drug-likeness (QED) is 0.834. The van der Waals surface area contributed by atoms with Crippen molar-refractivity contribution in [2.24, 2.45) is 5.92 Å². The van der Waals surface area contributed by atoms with E-state index in [0.29, 0.717) is 31.7 Å². The molecular weight excluding hydrogens is 347 g/mol. The Morgan fingerprint density at radius 2 is 2.15 bits per heavy atom. The molecule has 0 bridgehead atoms. The second-order valence-electron chi connectivity index (χ2n) is 7.18. The number of aromatic nitrogens is 2. The number of benzene rings is 1. The summed E-state index contributed by atoms with van der Waals surface area (Å²) >= 11 is 0. The van der Waals surface area contributed by atoms with Gasteiger partial charge in [0, 0.05) is 32.3 Å². The van der Waals surface area contributed by atoms with Crippen LogP contribution in [-0.4, -0.2) is 50.7 Å². The Bertz CT molecular complexity index is 845. The molecule has 27 heavy (non-hydrogen) atoms. The molecule has 2 aliphatic rings. The molecular formula is C20H21FN4O2. The SMILES string of the molecule is O=C(c1ccncn1)N1C[C@H]2CCCC(=O)N(Cc3cccc(F)c3)[C@H]2C1. The maximum absolute atomic E-state index is 13.6. The average Bonchev–Trinajstić information content (AvgIpc) is 3.04. The van der Waals surface area contributed by atoms with E-state index in [1.165, 1.54) is 18.5 Å². The molecule has 2 aliphatic heterocycles. The van der Waals surface area contributed by atoms with Gasteiger partial charge >= 0.3 is 0 Å². The van der Waals surface area contributed by atoms with Crippen LogP contribution >= 0.6 is 0 Å². The lowest BCUT2D eigenvalue weighted by Crippen LogP contribution is -2.43. The normalized spacial score (nSPS) is 22.5. The number of hydrogen-bond donors (Lipinski definition) is 0. The molecule has 2 saturated heterocycles. The van der Waals surface area contributed by atoms with Crippen LogP contribution in [0.1, 0.15) is 35.3 Å². The summed E-state index contributed by atoms with van der Waals surface area (Å²) in [6, 6.07) is 7.90. The molecule has 2 fully saturated rings. The number of nitrogens with zero attached hydrogens (tertiary/aromatic N) is 4. The Kier molecular flexibility index (Phi) is 4.83. The van der Waals surface area contributed by atoms with Gasteiger partial charge in [-0.1, -0.05) is 12.1 Å². The molecule has 0 spiro atoms. The first-order valence-electron chi connectivity index (χ1n) is 9.21. The Balaban J connectivity index is 1.55. The molecule has 3 heterocycles. The standard InChI is InChI=1S/C20H21FN4O2/c21-16-5-1-3-14(9-16)10-25-18-12-24(11-15(18)4-2-6-19(25)26)20(27)17-7-8-22-13-23-17/h1,3,5,7-9,13,15,18H,2,4,6,10-12H2/t15-,18+/m1/s1. The van der Waals surface area contributed by atoms with Crippen molar-refractivity contribution in [1.82, 2.24) is 19.8 Å². The first-order chi connectivity index (χ1) is 13.1. The van der Waals surface area contributed by atoms with E-state index in [4.69, 9.17) is 0 Å². The van der Waals surface area contributed by atoms with Crippen LogP contribution in [0.5, 0.6) is 0 Å². The minimum absolute atomic E-state index is 0.0472. The number of hydrogen-bond acceptors (Lipinski definition) is 4. The number of rotatable bonds is 3. The third-order valence-electron chi connectivity index (χ3n) is 5.42. The Morgan fingerprint density at radius 1 is 1.26 bits per heavy atom. The molecule has 0 saturated carbocycles. The summed E-state index contributed by atoms with van der Waals surface area (Å²) in [4.78, 5) is 37.0. The zero-order valence-corrected chi connectivity index (χ0v) is 14.9. The van der Waals surface area contributed by atoms with Crippen molar-refractivity contribution in [3.8, 4) is 0 Å². The van der Waals surface area contributed by atoms with E-state index < -0.39 is 0 Å². The summed E-state index contributed by atoms with van der Waals surface area (Å²) in [5.41, 5.74) is 1.13. The van der Waals surface area contributed by atoms with E-state index in [1.54, 1.807) is 23.2 Å². The zero-order valence-electron chi connectivity index (χ0n) is 14.9. The topological polar surface area (TPSA) is 66.4 Å². The van der Waals surface area contributed by atoms with Gasteiger partial charge in [-0.3, -0.25) is 9.59 Å². The van der Waals surface area contributed by atoms with E-state index in [9.17, 15) is 14.0 Å². The van der Waals surface area contributed by atoms with E-state index in [2.05, 4.69) is 9.97 Å². The predicted octanol–water partition coefficient (Wildman–Crippen LogP) is 2.27. The molecule has 4 rings (SSSR count). The lowest BCUT2D eigenvalue weighted by molar-refractivity contribution is -0.133. The Morgan fingerprint density at radius 3 is 2.93 bits per heavy atom. The van der Waals surface area contributed by atoms with Gasteiger partial charge in [0.1, 0.15) is 17.8 Å². The average molecular weight is 368 g/mol. The van der Waals surface area contributed by atoms with Crippen LogP contribution in [0.25, 0.3) is 0 Å². The molecule has 6 nitrogen and oxygen atoms in total. The first kappa shape index (κ1) is 17.6. The lowest BCUT2D eigenvalue weighted by Gasteiger charge is -2.30. The van der Waals surface area contributed by atoms with Gasteiger partial charge in [-0.25, -0.2) is 14.4 Å². The van der Waals surface area contributed by atoms with Gasteiger partial charge in [0.15, 0.2) is 0 Å². The van der Waals surface area contributed by atoms with Gasteiger partial charge < -0.3 is 9.80 Å². The number of halogens is 1. The summed E-state index contributed by atoms with van der Waals surface area (Å²) in [6.07, 6.45) is 5.14. The maximum atomic E-state index is 13.6. The summed E-state index contributed by atoms with van der Waals surface area (Å²) < 4.78 is 13.6. The third-order valence-corrected chi connectivity index (χ3v) is 5.42. The van der Waals surface area contributed by atoms with Crippen LogP contribution in [-0.2, 0) is 11.3 Å². The lowest BCUT2D eigenvalue weighted by atomic mass is 9.98. The summed E-state index contributed by atoms with van der Waals surface area (Å²) in [5, 5.41) is 0. The second kappa shape index (κ2) is 7.42. The van der Waals surface area contributed by atoms with Gasteiger partial charge in [-0.15, -0.1) is 0 Å². The predicted molar refractivity (Wildman–Crippen MR) is 96.0 cm³/mol. The summed E-state index contributed by atoms with van der Waals surface area (Å²) in [7, 11) is 0. The van der Waals surface area contributed by atoms with Crippen LogP contribution in [0.2, 0.25) is 0 Å². The Labute approximate surface area is 157 Å². The summed E-state index contributed by atoms with van der Waals surface area (Å²) in [5.74, 6) is -0.138. The molecule has 0 unspecified atom stereocenters. The molecule has 1 aromatic carbocycles. The van der Waals surface area contributed by atoms with Crippen LogP contribution in [0.3, 0.4) is 0 Å². The highest BCUT2D eigenvalue weighted by molar-refractivity contribution is 5.92. The van der Waals surface area contributed by atoms with E-state index in [-0.39, 0.29) is 29.6 Å². The van der Waals surface area contributed by atoms with Crippen molar-refractivity contribution in [1.29, 1.82) is 0 Å². The van der Waals surface area contributed by atoms with Crippen LogP contribution in [0.4, 0.5) is 4.39 Å². The van der Waals surface area contributed by atoms with Crippen molar-refractivity contribution in [2.75, 3.05) is 13.1 Å². The van der Waals surface area contributed by atoms with Crippen LogP contribution in [0, 0.1) is 11.7 Å². The van der Waals surface area contributed by atoms with Crippen molar-refractivity contribution in [3.63, 3.8) is 0 Å². The number of likely N-dealkylation sites (tertiary alicyclic amines) is 2. The van der Waals surface area contributed by atoms with Crippen molar-refractivity contribution >= 4 is 11.8 Å². The smallest absolute Gasteiger partial charge is 0.272 e. The van der Waals surface area contributed by atoms with E-state index in [1.807, 2.05) is 11.0 Å². The van der Waals surface area contributed by atoms with Gasteiger partial charge in [0.25, 0.3) is 5.91 Å². The molecule has 2 amide bonds. The molecule has 2 aromatic rings. The van der Waals surface area contributed by atoms with E-state index in [0.717, 1.165) is 18.4 Å². The third kappa shape index (κ3) is 3.67. The number of carbonyl (C=O) groups excluding carboxylic acids is 2. The molecule has 1 aromatic heterocycles. The Hall–Kier alpha value is -2.83. The highest BCUT2D eigenvalue weighted by atomic mass is 19.1. The maximum Gasteiger partial charge on any atom is 0.272 e. The van der Waals surface area contributed by atoms with Crippen LogP contribution in [0.15, 0.2) is 42.9 Å². The van der Waals surface area contributed by atoms with Gasteiger partial charge in [-0.2, -0.15) is 0 Å². The van der Waals surface area contributed by atoms with Crippen LogP contribution < -0.4 is 0 Å². The second-order valence-corrected chi connectivity index (χ2v) is 7.18.